The lowest BCUT2D eigenvalue weighted by molar-refractivity contribution is -0.120. The van der Waals surface area contributed by atoms with Crippen molar-refractivity contribution >= 4 is 23.2 Å². The highest BCUT2D eigenvalue weighted by Crippen LogP contribution is 2.30. The summed E-state index contributed by atoms with van der Waals surface area (Å²) in [5.74, 6) is 0.340. The first-order valence-corrected chi connectivity index (χ1v) is 7.35. The Bertz CT molecular complexity index is 491. The molecule has 4 nitrogen and oxygen atoms in total. The standard InChI is InChI=1S/C16H22N2O2/c1-3-11(4-2)15(19)17-13-6-5-7-14(10-13)18-16(20)12-8-9-12/h5-7,10-12H,3-4,8-9H2,1-2H3,(H,17,19)(H,18,20). The lowest BCUT2D eigenvalue weighted by Crippen LogP contribution is -2.21. The van der Waals surface area contributed by atoms with Gasteiger partial charge in [-0.1, -0.05) is 19.9 Å². The lowest BCUT2D eigenvalue weighted by Gasteiger charge is -2.13. The van der Waals surface area contributed by atoms with E-state index < -0.39 is 0 Å². The summed E-state index contributed by atoms with van der Waals surface area (Å²) in [5, 5.41) is 5.80. The van der Waals surface area contributed by atoms with Crippen LogP contribution in [0.15, 0.2) is 24.3 Å². The Balaban J connectivity index is 1.98. The molecule has 20 heavy (non-hydrogen) atoms. The summed E-state index contributed by atoms with van der Waals surface area (Å²) in [7, 11) is 0. The second kappa shape index (κ2) is 6.55. The Kier molecular flexibility index (Phi) is 4.77. The van der Waals surface area contributed by atoms with Crippen molar-refractivity contribution in [3.63, 3.8) is 0 Å². The van der Waals surface area contributed by atoms with Crippen LogP contribution in [0.3, 0.4) is 0 Å². The number of carbonyl (C=O) groups excluding carboxylic acids is 2. The number of carbonyl (C=O) groups is 2. The summed E-state index contributed by atoms with van der Waals surface area (Å²) in [6.07, 6.45) is 3.63. The largest absolute Gasteiger partial charge is 0.326 e. The number of benzene rings is 1. The van der Waals surface area contributed by atoms with Gasteiger partial charge in [0.25, 0.3) is 0 Å². The molecule has 0 heterocycles. The summed E-state index contributed by atoms with van der Waals surface area (Å²) < 4.78 is 0. The molecule has 2 amide bonds. The molecule has 0 aliphatic heterocycles. The van der Waals surface area contributed by atoms with Crippen molar-refractivity contribution in [3.05, 3.63) is 24.3 Å². The van der Waals surface area contributed by atoms with Crippen LogP contribution in [-0.2, 0) is 9.59 Å². The maximum absolute atomic E-state index is 12.0. The average Bonchev–Trinajstić information content (AvgIpc) is 3.24. The SMILES string of the molecule is CCC(CC)C(=O)Nc1cccc(NC(=O)C2CC2)c1. The second-order valence-corrected chi connectivity index (χ2v) is 5.35. The van der Waals surface area contributed by atoms with Gasteiger partial charge in [0.15, 0.2) is 0 Å². The molecule has 0 bridgehead atoms. The van der Waals surface area contributed by atoms with Crippen molar-refractivity contribution in [2.24, 2.45) is 11.8 Å². The van der Waals surface area contributed by atoms with Gasteiger partial charge in [-0.25, -0.2) is 0 Å². The number of hydrogen-bond donors (Lipinski definition) is 2. The first-order chi connectivity index (χ1) is 9.63. The van der Waals surface area contributed by atoms with Crippen LogP contribution in [0.25, 0.3) is 0 Å². The molecule has 0 spiro atoms. The van der Waals surface area contributed by atoms with Gasteiger partial charge in [0.05, 0.1) is 0 Å². The van der Waals surface area contributed by atoms with E-state index in [1.54, 1.807) is 6.07 Å². The number of nitrogens with one attached hydrogen (secondary N) is 2. The van der Waals surface area contributed by atoms with Gasteiger partial charge in [-0.3, -0.25) is 9.59 Å². The van der Waals surface area contributed by atoms with E-state index in [1.807, 2.05) is 32.0 Å². The van der Waals surface area contributed by atoms with Gasteiger partial charge < -0.3 is 10.6 Å². The summed E-state index contributed by atoms with van der Waals surface area (Å²) >= 11 is 0. The van der Waals surface area contributed by atoms with E-state index >= 15 is 0 Å². The molecular weight excluding hydrogens is 252 g/mol. The molecule has 1 aliphatic carbocycles. The second-order valence-electron chi connectivity index (χ2n) is 5.35. The number of rotatable bonds is 6. The monoisotopic (exact) mass is 274 g/mol. The maximum atomic E-state index is 12.0. The minimum absolute atomic E-state index is 0.0414. The van der Waals surface area contributed by atoms with E-state index in [9.17, 15) is 9.59 Å². The first-order valence-electron chi connectivity index (χ1n) is 7.35. The molecule has 0 unspecified atom stereocenters. The van der Waals surface area contributed by atoms with Crippen LogP contribution >= 0.6 is 0 Å². The fourth-order valence-electron chi connectivity index (χ4n) is 2.17. The van der Waals surface area contributed by atoms with Gasteiger partial charge in [-0.15, -0.1) is 0 Å². The van der Waals surface area contributed by atoms with Crippen molar-refractivity contribution in [1.29, 1.82) is 0 Å². The Morgan fingerprint density at radius 1 is 1.15 bits per heavy atom. The van der Waals surface area contributed by atoms with Crippen molar-refractivity contribution in [2.45, 2.75) is 39.5 Å². The Morgan fingerprint density at radius 3 is 2.30 bits per heavy atom. The molecule has 1 aliphatic rings. The summed E-state index contributed by atoms with van der Waals surface area (Å²) in [5.41, 5.74) is 1.47. The third-order valence-electron chi connectivity index (χ3n) is 3.70. The van der Waals surface area contributed by atoms with Crippen LogP contribution in [0, 0.1) is 11.8 Å². The quantitative estimate of drug-likeness (QED) is 0.835. The van der Waals surface area contributed by atoms with E-state index in [0.29, 0.717) is 0 Å². The fourth-order valence-corrected chi connectivity index (χ4v) is 2.17. The number of anilines is 2. The molecule has 0 atom stereocenters. The first kappa shape index (κ1) is 14.6. The van der Waals surface area contributed by atoms with Crippen molar-refractivity contribution < 1.29 is 9.59 Å². The molecule has 2 rings (SSSR count). The molecule has 0 radical (unpaired) electrons. The average molecular weight is 274 g/mol. The van der Waals surface area contributed by atoms with E-state index in [-0.39, 0.29) is 23.7 Å². The fraction of sp³-hybridized carbons (Fsp3) is 0.500. The topological polar surface area (TPSA) is 58.2 Å². The Morgan fingerprint density at radius 2 is 1.75 bits per heavy atom. The van der Waals surface area contributed by atoms with E-state index in [1.165, 1.54) is 0 Å². The molecule has 1 aromatic rings. The summed E-state index contributed by atoms with van der Waals surface area (Å²) in [6, 6.07) is 7.33. The van der Waals surface area contributed by atoms with Crippen LogP contribution in [-0.4, -0.2) is 11.8 Å². The van der Waals surface area contributed by atoms with Gasteiger partial charge in [0.2, 0.25) is 11.8 Å². The zero-order valence-electron chi connectivity index (χ0n) is 12.1. The number of hydrogen-bond acceptors (Lipinski definition) is 2. The minimum Gasteiger partial charge on any atom is -0.326 e. The Labute approximate surface area is 119 Å². The summed E-state index contributed by atoms with van der Waals surface area (Å²) in [6.45, 7) is 4.03. The highest BCUT2D eigenvalue weighted by Gasteiger charge is 2.29. The molecule has 4 heteroatoms. The van der Waals surface area contributed by atoms with Gasteiger partial charge >= 0.3 is 0 Å². The van der Waals surface area contributed by atoms with Crippen molar-refractivity contribution in [3.8, 4) is 0 Å². The van der Waals surface area contributed by atoms with Gasteiger partial charge in [0.1, 0.15) is 0 Å². The van der Waals surface area contributed by atoms with Crippen LogP contribution in [0.2, 0.25) is 0 Å². The molecule has 1 aromatic carbocycles. The van der Waals surface area contributed by atoms with Gasteiger partial charge in [-0.2, -0.15) is 0 Å². The third-order valence-corrected chi connectivity index (χ3v) is 3.70. The van der Waals surface area contributed by atoms with Crippen LogP contribution in [0.1, 0.15) is 39.5 Å². The predicted octanol–water partition coefficient (Wildman–Crippen LogP) is 3.41. The maximum Gasteiger partial charge on any atom is 0.227 e. The van der Waals surface area contributed by atoms with E-state index in [4.69, 9.17) is 0 Å². The molecule has 1 fully saturated rings. The highest BCUT2D eigenvalue weighted by molar-refractivity contribution is 5.96. The van der Waals surface area contributed by atoms with E-state index in [2.05, 4.69) is 10.6 Å². The smallest absolute Gasteiger partial charge is 0.227 e. The van der Waals surface area contributed by atoms with Crippen molar-refractivity contribution in [2.75, 3.05) is 10.6 Å². The minimum atomic E-state index is 0.0414. The zero-order chi connectivity index (χ0) is 14.5. The molecule has 0 saturated heterocycles. The number of amides is 2. The van der Waals surface area contributed by atoms with Crippen LogP contribution in [0.5, 0.6) is 0 Å². The van der Waals surface area contributed by atoms with Crippen molar-refractivity contribution in [1.82, 2.24) is 0 Å². The van der Waals surface area contributed by atoms with Crippen LogP contribution < -0.4 is 10.6 Å². The van der Waals surface area contributed by atoms with E-state index in [0.717, 1.165) is 37.1 Å². The molecular formula is C16H22N2O2. The van der Waals surface area contributed by atoms with Crippen LogP contribution in [0.4, 0.5) is 11.4 Å². The van der Waals surface area contributed by atoms with Gasteiger partial charge in [-0.05, 0) is 43.9 Å². The highest BCUT2D eigenvalue weighted by atomic mass is 16.2. The third kappa shape index (κ3) is 3.83. The molecule has 108 valence electrons. The lowest BCUT2D eigenvalue weighted by atomic mass is 10.0. The molecule has 0 aromatic heterocycles. The summed E-state index contributed by atoms with van der Waals surface area (Å²) in [4.78, 5) is 23.7. The zero-order valence-corrected chi connectivity index (χ0v) is 12.1. The molecule has 2 N–H and O–H groups in total. The van der Waals surface area contributed by atoms with Gasteiger partial charge in [0, 0.05) is 23.2 Å². The molecule has 1 saturated carbocycles. The predicted molar refractivity (Wildman–Crippen MR) is 80.5 cm³/mol. The Hall–Kier alpha value is -1.84. The normalized spacial score (nSPS) is 14.2.